The number of aliphatic imine (C=N–C) groups is 1. The molecule has 0 aliphatic carbocycles. The molecule has 1 saturated heterocycles. The second-order valence-corrected chi connectivity index (χ2v) is 10.3. The first-order chi connectivity index (χ1) is 15.8. The Kier molecular flexibility index (Phi) is 5.42. The first-order valence-electron chi connectivity index (χ1n) is 10.8. The highest BCUT2D eigenvalue weighted by molar-refractivity contribution is 7.89. The standard InChI is InChI=1S/C25H24FN3O3S/c1-17-4-10-23-21(15-17)25(27-22-9-3-18(2)16-24(22)32-23)28-11-13-29(14-12-28)33(30,31)20-7-5-19(26)6-8-20/h3-10,15-16H,11-14H2,1-2H3. The van der Waals surface area contributed by atoms with Gasteiger partial charge in [-0.05, 0) is 67.9 Å². The van der Waals surface area contributed by atoms with Crippen LogP contribution in [0.2, 0.25) is 0 Å². The fraction of sp³-hybridized carbons (Fsp3) is 0.240. The second-order valence-electron chi connectivity index (χ2n) is 8.35. The van der Waals surface area contributed by atoms with Gasteiger partial charge in [-0.2, -0.15) is 4.31 Å². The predicted octanol–water partition coefficient (Wildman–Crippen LogP) is 4.63. The molecule has 0 saturated carbocycles. The van der Waals surface area contributed by atoms with Crippen molar-refractivity contribution in [3.63, 3.8) is 0 Å². The van der Waals surface area contributed by atoms with E-state index in [-0.39, 0.29) is 4.90 Å². The topological polar surface area (TPSA) is 62.2 Å². The number of hydrogen-bond donors (Lipinski definition) is 0. The number of piperazine rings is 1. The Hall–Kier alpha value is -3.23. The molecule has 33 heavy (non-hydrogen) atoms. The molecule has 0 aromatic heterocycles. The van der Waals surface area contributed by atoms with Crippen LogP contribution in [0, 0.1) is 19.7 Å². The Morgan fingerprint density at radius 2 is 1.52 bits per heavy atom. The minimum absolute atomic E-state index is 0.0998. The third-order valence-electron chi connectivity index (χ3n) is 5.93. The molecule has 2 aliphatic heterocycles. The van der Waals surface area contributed by atoms with Crippen LogP contribution in [0.3, 0.4) is 0 Å². The smallest absolute Gasteiger partial charge is 0.243 e. The minimum atomic E-state index is -3.69. The summed E-state index contributed by atoms with van der Waals surface area (Å²) in [5, 5.41) is 0. The zero-order chi connectivity index (χ0) is 23.2. The van der Waals surface area contributed by atoms with Gasteiger partial charge in [0.15, 0.2) is 5.75 Å². The molecule has 0 N–H and O–H groups in total. The first kappa shape index (κ1) is 21.6. The van der Waals surface area contributed by atoms with Gasteiger partial charge in [-0.25, -0.2) is 17.8 Å². The summed E-state index contributed by atoms with van der Waals surface area (Å²) in [6, 6.07) is 16.9. The van der Waals surface area contributed by atoms with Crippen LogP contribution in [-0.2, 0) is 10.0 Å². The van der Waals surface area contributed by atoms with E-state index in [2.05, 4.69) is 11.0 Å². The molecule has 5 rings (SSSR count). The van der Waals surface area contributed by atoms with Gasteiger partial charge in [0.25, 0.3) is 0 Å². The van der Waals surface area contributed by atoms with Crippen molar-refractivity contribution in [2.45, 2.75) is 18.7 Å². The molecule has 0 amide bonds. The largest absolute Gasteiger partial charge is 0.454 e. The van der Waals surface area contributed by atoms with Crippen molar-refractivity contribution in [3.8, 4) is 11.5 Å². The van der Waals surface area contributed by atoms with Crippen molar-refractivity contribution < 1.29 is 17.5 Å². The van der Waals surface area contributed by atoms with Crippen molar-refractivity contribution in [2.75, 3.05) is 26.2 Å². The van der Waals surface area contributed by atoms with Gasteiger partial charge >= 0.3 is 0 Å². The van der Waals surface area contributed by atoms with Crippen LogP contribution in [0.15, 0.2) is 70.6 Å². The number of rotatable bonds is 2. The number of amidine groups is 1. The highest BCUT2D eigenvalue weighted by atomic mass is 32.2. The number of hydrogen-bond acceptors (Lipinski definition) is 5. The lowest BCUT2D eigenvalue weighted by molar-refractivity contribution is 0.266. The summed E-state index contributed by atoms with van der Waals surface area (Å²) in [7, 11) is -3.69. The summed E-state index contributed by atoms with van der Waals surface area (Å²) in [5.74, 6) is 1.74. The van der Waals surface area contributed by atoms with Gasteiger partial charge in [0, 0.05) is 26.2 Å². The maximum atomic E-state index is 13.2. The summed E-state index contributed by atoms with van der Waals surface area (Å²) in [6.07, 6.45) is 0. The van der Waals surface area contributed by atoms with Crippen LogP contribution >= 0.6 is 0 Å². The number of halogens is 1. The van der Waals surface area contributed by atoms with Crippen molar-refractivity contribution in [2.24, 2.45) is 4.99 Å². The molecule has 170 valence electrons. The minimum Gasteiger partial charge on any atom is -0.454 e. The van der Waals surface area contributed by atoms with Crippen LogP contribution in [0.25, 0.3) is 0 Å². The lowest BCUT2D eigenvalue weighted by Gasteiger charge is -2.36. The molecule has 0 unspecified atom stereocenters. The van der Waals surface area contributed by atoms with Crippen LogP contribution in [0.1, 0.15) is 16.7 Å². The summed E-state index contributed by atoms with van der Waals surface area (Å²) >= 11 is 0. The van der Waals surface area contributed by atoms with Gasteiger partial charge in [0.05, 0.1) is 10.5 Å². The molecule has 3 aromatic rings. The number of ether oxygens (including phenoxy) is 1. The highest BCUT2D eigenvalue weighted by Gasteiger charge is 2.31. The lowest BCUT2D eigenvalue weighted by Crippen LogP contribution is -2.50. The van der Waals surface area contributed by atoms with Gasteiger partial charge < -0.3 is 9.64 Å². The third-order valence-corrected chi connectivity index (χ3v) is 7.84. The van der Waals surface area contributed by atoms with E-state index in [1.54, 1.807) is 0 Å². The zero-order valence-corrected chi connectivity index (χ0v) is 19.3. The molecule has 3 aromatic carbocycles. The quantitative estimate of drug-likeness (QED) is 0.554. The van der Waals surface area contributed by atoms with E-state index in [0.29, 0.717) is 31.9 Å². The fourth-order valence-electron chi connectivity index (χ4n) is 4.13. The average Bonchev–Trinajstić information content (AvgIpc) is 2.95. The van der Waals surface area contributed by atoms with Gasteiger partial charge in [-0.1, -0.05) is 17.7 Å². The average molecular weight is 466 g/mol. The van der Waals surface area contributed by atoms with E-state index in [0.717, 1.165) is 34.0 Å². The van der Waals surface area contributed by atoms with Crippen molar-refractivity contribution >= 4 is 21.5 Å². The Morgan fingerprint density at radius 1 is 0.848 bits per heavy atom. The van der Waals surface area contributed by atoms with Crippen molar-refractivity contribution in [1.82, 2.24) is 9.21 Å². The SMILES string of the molecule is Cc1ccc2c(c1)Oc1ccc(C)cc1C(N1CCN(S(=O)(=O)c3ccc(F)cc3)CC1)=N2. The molecule has 8 heteroatoms. The Bertz CT molecular complexity index is 1350. The first-order valence-corrected chi connectivity index (χ1v) is 12.2. The Labute approximate surface area is 193 Å². The summed E-state index contributed by atoms with van der Waals surface area (Å²) < 4.78 is 46.9. The molecule has 0 spiro atoms. The van der Waals surface area contributed by atoms with Crippen LogP contribution in [0.5, 0.6) is 11.5 Å². The Morgan fingerprint density at radius 3 is 2.24 bits per heavy atom. The van der Waals surface area contributed by atoms with E-state index in [1.165, 1.54) is 28.6 Å². The maximum Gasteiger partial charge on any atom is 0.243 e. The molecular weight excluding hydrogens is 441 g/mol. The molecule has 2 heterocycles. The third kappa shape index (κ3) is 4.12. The summed E-state index contributed by atoms with van der Waals surface area (Å²) in [5.41, 5.74) is 3.80. The number of nitrogens with zero attached hydrogens (tertiary/aromatic N) is 3. The number of sulfonamides is 1. The molecule has 1 fully saturated rings. The van der Waals surface area contributed by atoms with Crippen LogP contribution in [-0.4, -0.2) is 49.6 Å². The fourth-order valence-corrected chi connectivity index (χ4v) is 5.55. The summed E-state index contributed by atoms with van der Waals surface area (Å²) in [6.45, 7) is 5.61. The maximum absolute atomic E-state index is 13.2. The molecular formula is C25H24FN3O3S. The number of fused-ring (bicyclic) bond motifs is 2. The van der Waals surface area contributed by atoms with Gasteiger partial charge in [-0.15, -0.1) is 0 Å². The Balaban J connectivity index is 1.45. The molecule has 0 bridgehead atoms. The zero-order valence-electron chi connectivity index (χ0n) is 18.5. The van der Waals surface area contributed by atoms with E-state index in [1.807, 2.05) is 44.2 Å². The van der Waals surface area contributed by atoms with Crippen molar-refractivity contribution in [1.29, 1.82) is 0 Å². The van der Waals surface area contributed by atoms with Gasteiger partial charge in [-0.3, -0.25) is 0 Å². The molecule has 2 aliphatic rings. The number of aryl methyl sites for hydroxylation is 2. The van der Waals surface area contributed by atoms with Crippen molar-refractivity contribution in [3.05, 3.63) is 83.2 Å². The van der Waals surface area contributed by atoms with Crippen LogP contribution < -0.4 is 4.74 Å². The van der Waals surface area contributed by atoms with Gasteiger partial charge in [0.2, 0.25) is 10.0 Å². The van der Waals surface area contributed by atoms with Crippen LogP contribution in [0.4, 0.5) is 10.1 Å². The highest BCUT2D eigenvalue weighted by Crippen LogP contribution is 2.39. The number of benzene rings is 3. The molecule has 0 radical (unpaired) electrons. The lowest BCUT2D eigenvalue weighted by atomic mass is 10.1. The normalized spacial score (nSPS) is 16.3. The predicted molar refractivity (Wildman–Crippen MR) is 125 cm³/mol. The van der Waals surface area contributed by atoms with E-state index >= 15 is 0 Å². The van der Waals surface area contributed by atoms with Gasteiger partial charge in [0.1, 0.15) is 23.1 Å². The van der Waals surface area contributed by atoms with E-state index < -0.39 is 15.8 Å². The van der Waals surface area contributed by atoms with E-state index in [9.17, 15) is 12.8 Å². The van der Waals surface area contributed by atoms with E-state index in [4.69, 9.17) is 9.73 Å². The summed E-state index contributed by atoms with van der Waals surface area (Å²) in [4.78, 5) is 7.15. The molecule has 6 nitrogen and oxygen atoms in total. The molecule has 0 atom stereocenters. The second kappa shape index (κ2) is 8.28. The monoisotopic (exact) mass is 465 g/mol.